The number of fused-ring (bicyclic) bond motifs is 1. The van der Waals surface area contributed by atoms with Gasteiger partial charge in [-0.15, -0.1) is 0 Å². The van der Waals surface area contributed by atoms with Gasteiger partial charge in [0, 0.05) is 29.7 Å². The molecule has 1 aliphatic rings. The number of nitrogens with one attached hydrogen (secondary N) is 1. The normalized spacial score (nSPS) is 16.7. The Bertz CT molecular complexity index is 1160. The number of methoxy groups -OCH3 is 1. The van der Waals surface area contributed by atoms with E-state index in [-0.39, 0.29) is 5.91 Å². The van der Waals surface area contributed by atoms with Crippen molar-refractivity contribution >= 4 is 45.4 Å². The van der Waals surface area contributed by atoms with Crippen molar-refractivity contribution in [3.8, 4) is 0 Å². The predicted molar refractivity (Wildman–Crippen MR) is 120 cm³/mol. The lowest BCUT2D eigenvalue weighted by Crippen LogP contribution is -2.31. The molecule has 2 aromatic carbocycles. The molecule has 152 valence electrons. The third-order valence-electron chi connectivity index (χ3n) is 4.88. The van der Waals surface area contributed by atoms with Crippen molar-refractivity contribution < 1.29 is 14.3 Å². The molecule has 1 saturated heterocycles. The maximum atomic E-state index is 13.0. The summed E-state index contributed by atoms with van der Waals surface area (Å²) in [7, 11) is 1.29. The van der Waals surface area contributed by atoms with Crippen LogP contribution in [-0.4, -0.2) is 40.6 Å². The molecule has 7 heteroatoms. The summed E-state index contributed by atoms with van der Waals surface area (Å²) >= 11 is 1.19. The second-order valence-corrected chi connectivity index (χ2v) is 7.94. The van der Waals surface area contributed by atoms with Crippen LogP contribution in [0.1, 0.15) is 11.1 Å². The molecular weight excluding hydrogens is 398 g/mol. The minimum Gasteiger partial charge on any atom is -0.466 e. The molecule has 0 unspecified atom stereocenters. The molecule has 1 aliphatic heterocycles. The van der Waals surface area contributed by atoms with Gasteiger partial charge in [0.2, 0.25) is 0 Å². The molecule has 1 fully saturated rings. The maximum Gasteiger partial charge on any atom is 0.331 e. The second kappa shape index (κ2) is 8.59. The van der Waals surface area contributed by atoms with Crippen LogP contribution < -0.4 is 0 Å². The fourth-order valence-electron chi connectivity index (χ4n) is 3.25. The number of thioether (sulfide) groups is 1. The van der Waals surface area contributed by atoms with E-state index in [1.165, 1.54) is 24.9 Å². The first-order valence-corrected chi connectivity index (χ1v) is 10.4. The summed E-state index contributed by atoms with van der Waals surface area (Å²) in [5.74, 6) is -0.796. The van der Waals surface area contributed by atoms with Crippen molar-refractivity contribution in [3.05, 3.63) is 76.8 Å². The van der Waals surface area contributed by atoms with E-state index in [1.807, 2.05) is 55.6 Å². The average molecular weight is 420 g/mol. The molecule has 1 aromatic heterocycles. The zero-order valence-corrected chi connectivity index (χ0v) is 17.5. The summed E-state index contributed by atoms with van der Waals surface area (Å²) in [5.41, 5.74) is 4.09. The molecule has 4 rings (SSSR count). The predicted octanol–water partition coefficient (Wildman–Crippen LogP) is 4.34. The first kappa shape index (κ1) is 20.0. The molecule has 0 bridgehead atoms. The number of amides is 1. The quantitative estimate of drug-likeness (QED) is 0.493. The van der Waals surface area contributed by atoms with Gasteiger partial charge in [0.15, 0.2) is 5.17 Å². The average Bonchev–Trinajstić information content (AvgIpc) is 3.29. The molecule has 2 heterocycles. The number of hydrogen-bond donors (Lipinski definition) is 1. The van der Waals surface area contributed by atoms with Crippen LogP contribution in [0.25, 0.3) is 10.9 Å². The Kier molecular flexibility index (Phi) is 5.72. The van der Waals surface area contributed by atoms with Gasteiger partial charge in [0.1, 0.15) is 0 Å². The van der Waals surface area contributed by atoms with Gasteiger partial charge < -0.3 is 9.72 Å². The van der Waals surface area contributed by atoms with Crippen LogP contribution in [0.4, 0.5) is 5.69 Å². The van der Waals surface area contributed by atoms with Crippen molar-refractivity contribution in [1.29, 1.82) is 0 Å². The highest BCUT2D eigenvalue weighted by molar-refractivity contribution is 8.18. The van der Waals surface area contributed by atoms with Gasteiger partial charge in [0.25, 0.3) is 5.91 Å². The summed E-state index contributed by atoms with van der Waals surface area (Å²) in [4.78, 5) is 34.5. The number of H-pyrrole nitrogens is 1. The smallest absolute Gasteiger partial charge is 0.331 e. The number of aliphatic imine (C=N–C) groups is 1. The molecule has 0 atom stereocenters. The number of aromatic nitrogens is 1. The number of nitrogens with zero attached hydrogens (tertiary/aromatic N) is 2. The second-order valence-electron chi connectivity index (χ2n) is 6.93. The van der Waals surface area contributed by atoms with Crippen molar-refractivity contribution in [3.63, 3.8) is 0 Å². The lowest BCUT2D eigenvalue weighted by atomic mass is 10.1. The fourth-order valence-corrected chi connectivity index (χ4v) is 4.24. The molecule has 1 N–H and O–H groups in total. The lowest BCUT2D eigenvalue weighted by molar-refractivity contribution is -0.135. The number of aromatic amines is 1. The highest BCUT2D eigenvalue weighted by atomic mass is 32.2. The van der Waals surface area contributed by atoms with Crippen LogP contribution >= 0.6 is 11.8 Å². The number of carbonyl (C=O) groups is 2. The van der Waals surface area contributed by atoms with E-state index in [4.69, 9.17) is 0 Å². The van der Waals surface area contributed by atoms with E-state index >= 15 is 0 Å². The van der Waals surface area contributed by atoms with E-state index in [1.54, 1.807) is 4.90 Å². The summed E-state index contributed by atoms with van der Waals surface area (Å²) in [6.07, 6.45) is 3.86. The third kappa shape index (κ3) is 4.16. The summed E-state index contributed by atoms with van der Waals surface area (Å²) in [6.45, 7) is 2.46. The first-order chi connectivity index (χ1) is 14.5. The van der Waals surface area contributed by atoms with Crippen LogP contribution in [0.15, 0.2) is 70.7 Å². The van der Waals surface area contributed by atoms with Crippen LogP contribution in [0.2, 0.25) is 0 Å². The topological polar surface area (TPSA) is 74.8 Å². The number of hydrogen-bond acceptors (Lipinski definition) is 5. The number of para-hydroxylation sites is 1. The Labute approximate surface area is 178 Å². The minimum atomic E-state index is -0.556. The number of aryl methyl sites for hydroxylation is 1. The maximum absolute atomic E-state index is 13.0. The Morgan fingerprint density at radius 3 is 2.73 bits per heavy atom. The van der Waals surface area contributed by atoms with Crippen LogP contribution in [0.3, 0.4) is 0 Å². The van der Waals surface area contributed by atoms with Gasteiger partial charge in [-0.25, -0.2) is 9.79 Å². The number of benzene rings is 2. The SMILES string of the molecule is COC(=O)C=C1SC(=Nc2ccc(C)cc2)N(CCc2c[nH]c3ccccc23)C1=O. The van der Waals surface area contributed by atoms with E-state index in [0.717, 1.165) is 27.7 Å². The molecule has 0 radical (unpaired) electrons. The Morgan fingerprint density at radius 1 is 1.20 bits per heavy atom. The zero-order valence-electron chi connectivity index (χ0n) is 16.7. The van der Waals surface area contributed by atoms with E-state index < -0.39 is 5.97 Å². The number of ether oxygens (including phenoxy) is 1. The van der Waals surface area contributed by atoms with Crippen LogP contribution in [0.5, 0.6) is 0 Å². The van der Waals surface area contributed by atoms with E-state index in [2.05, 4.69) is 20.8 Å². The molecule has 3 aromatic rings. The molecule has 0 spiro atoms. The van der Waals surface area contributed by atoms with Gasteiger partial charge in [-0.2, -0.15) is 0 Å². The molecule has 1 amide bonds. The lowest BCUT2D eigenvalue weighted by Gasteiger charge is -2.15. The Hall–Kier alpha value is -3.32. The number of carbonyl (C=O) groups excluding carboxylic acids is 2. The molecule has 30 heavy (non-hydrogen) atoms. The van der Waals surface area contributed by atoms with Crippen molar-refractivity contribution in [2.45, 2.75) is 13.3 Å². The van der Waals surface area contributed by atoms with E-state index in [0.29, 0.717) is 23.0 Å². The highest BCUT2D eigenvalue weighted by Gasteiger charge is 2.34. The Balaban J connectivity index is 1.62. The summed E-state index contributed by atoms with van der Waals surface area (Å²) in [5, 5.41) is 1.69. The fraction of sp³-hybridized carbons (Fsp3) is 0.174. The Morgan fingerprint density at radius 2 is 1.97 bits per heavy atom. The van der Waals surface area contributed by atoms with Crippen molar-refractivity contribution in [2.24, 2.45) is 4.99 Å². The zero-order chi connectivity index (χ0) is 21.1. The number of esters is 1. The monoisotopic (exact) mass is 419 g/mol. The summed E-state index contributed by atoms with van der Waals surface area (Å²) < 4.78 is 4.69. The van der Waals surface area contributed by atoms with Gasteiger partial charge in [-0.3, -0.25) is 9.69 Å². The number of rotatable bonds is 5. The largest absolute Gasteiger partial charge is 0.466 e. The summed E-state index contributed by atoms with van der Waals surface area (Å²) in [6, 6.07) is 15.8. The third-order valence-corrected chi connectivity index (χ3v) is 5.88. The standard InChI is InChI=1S/C23H21N3O3S/c1-15-7-9-17(10-8-15)25-23-26(22(28)20(30-23)13-21(27)29-2)12-11-16-14-24-19-6-4-3-5-18(16)19/h3-10,13-14,24H,11-12H2,1-2H3. The molecular formula is C23H21N3O3S. The molecule has 0 saturated carbocycles. The van der Waals surface area contributed by atoms with Crippen LogP contribution in [0, 0.1) is 6.92 Å². The van der Waals surface area contributed by atoms with Crippen molar-refractivity contribution in [2.75, 3.05) is 13.7 Å². The van der Waals surface area contributed by atoms with Crippen LogP contribution in [-0.2, 0) is 20.7 Å². The van der Waals surface area contributed by atoms with Gasteiger partial charge in [-0.1, -0.05) is 35.9 Å². The van der Waals surface area contributed by atoms with E-state index in [9.17, 15) is 9.59 Å². The highest BCUT2D eigenvalue weighted by Crippen LogP contribution is 2.33. The first-order valence-electron chi connectivity index (χ1n) is 9.55. The minimum absolute atomic E-state index is 0.240. The van der Waals surface area contributed by atoms with Gasteiger partial charge in [-0.05, 0) is 48.9 Å². The number of amidine groups is 1. The van der Waals surface area contributed by atoms with Gasteiger partial charge in [0.05, 0.1) is 17.7 Å². The molecule has 0 aliphatic carbocycles. The van der Waals surface area contributed by atoms with Gasteiger partial charge >= 0.3 is 5.97 Å². The van der Waals surface area contributed by atoms with Crippen molar-refractivity contribution in [1.82, 2.24) is 9.88 Å². The molecule has 6 nitrogen and oxygen atoms in total.